The van der Waals surface area contributed by atoms with Crippen molar-refractivity contribution in [3.8, 4) is 0 Å². The van der Waals surface area contributed by atoms with Crippen LogP contribution in [-0.2, 0) is 14.3 Å². The lowest BCUT2D eigenvalue weighted by Crippen LogP contribution is -2.08. The first-order chi connectivity index (χ1) is 8.40. The molecule has 3 nitrogen and oxygen atoms in total. The van der Waals surface area contributed by atoms with Gasteiger partial charge in [-0.2, -0.15) is 8.42 Å². The maximum atomic E-state index is 10.9. The summed E-state index contributed by atoms with van der Waals surface area (Å²) in [5, 5.41) is 0. The van der Waals surface area contributed by atoms with E-state index in [0.29, 0.717) is 0 Å². The molecule has 1 atom stereocenters. The van der Waals surface area contributed by atoms with Crippen LogP contribution in [-0.4, -0.2) is 14.7 Å². The minimum absolute atomic E-state index is 0.425. The highest BCUT2D eigenvalue weighted by molar-refractivity contribution is 7.86. The Morgan fingerprint density at radius 3 is 1.89 bits per heavy atom. The van der Waals surface area contributed by atoms with Gasteiger partial charge in [0.25, 0.3) is 10.1 Å². The summed E-state index contributed by atoms with van der Waals surface area (Å²) in [6.07, 6.45) is 0.632. The molecule has 18 heavy (non-hydrogen) atoms. The highest BCUT2D eigenvalue weighted by atomic mass is 32.2. The molecule has 0 aliphatic carbocycles. The summed E-state index contributed by atoms with van der Waals surface area (Å²) in [6, 6.07) is 7.57. The van der Waals surface area contributed by atoms with Crippen molar-refractivity contribution in [1.29, 1.82) is 0 Å². The zero-order valence-electron chi connectivity index (χ0n) is 12.5. The minimum atomic E-state index is -3.39. The van der Waals surface area contributed by atoms with Crippen molar-refractivity contribution in [3.05, 3.63) is 35.4 Å². The third-order valence-electron chi connectivity index (χ3n) is 1.95. The number of rotatable bonds is 3. The highest BCUT2D eigenvalue weighted by Crippen LogP contribution is 2.21. The average molecular weight is 274 g/mol. The molecule has 0 spiro atoms. The van der Waals surface area contributed by atoms with Crippen LogP contribution in [0.4, 0.5) is 0 Å². The lowest BCUT2D eigenvalue weighted by molar-refractivity contribution is 0.236. The summed E-state index contributed by atoms with van der Waals surface area (Å²) in [7, 11) is -3.39. The van der Waals surface area contributed by atoms with E-state index in [4.69, 9.17) is 4.18 Å². The second kappa shape index (κ2) is 10.1. The van der Waals surface area contributed by atoms with Gasteiger partial charge in [-0.25, -0.2) is 0 Å². The van der Waals surface area contributed by atoms with Gasteiger partial charge < -0.3 is 0 Å². The van der Waals surface area contributed by atoms with Gasteiger partial charge in [0.15, 0.2) is 0 Å². The van der Waals surface area contributed by atoms with Gasteiger partial charge in [-0.15, -0.1) is 0 Å². The predicted octanol–water partition coefficient (Wildman–Crippen LogP) is 4.08. The van der Waals surface area contributed by atoms with E-state index >= 15 is 0 Å². The van der Waals surface area contributed by atoms with E-state index in [1.165, 1.54) is 0 Å². The fraction of sp³-hybridized carbons (Fsp3) is 0.571. The Morgan fingerprint density at radius 1 is 1.06 bits per heavy atom. The average Bonchev–Trinajstić information content (AvgIpc) is 2.32. The van der Waals surface area contributed by atoms with Crippen molar-refractivity contribution in [1.82, 2.24) is 0 Å². The zero-order valence-corrected chi connectivity index (χ0v) is 13.3. The molecule has 0 aliphatic heterocycles. The molecule has 0 amide bonds. The van der Waals surface area contributed by atoms with E-state index < -0.39 is 16.2 Å². The van der Waals surface area contributed by atoms with Crippen molar-refractivity contribution in [2.45, 2.75) is 47.6 Å². The molecule has 0 heterocycles. The molecule has 0 fully saturated rings. The van der Waals surface area contributed by atoms with E-state index in [1.54, 1.807) is 6.92 Å². The molecule has 1 aromatic carbocycles. The topological polar surface area (TPSA) is 43.4 Å². The number of hydrogen-bond acceptors (Lipinski definition) is 3. The largest absolute Gasteiger partial charge is 0.264 e. The monoisotopic (exact) mass is 274 g/mol. The predicted molar refractivity (Wildman–Crippen MR) is 78.2 cm³/mol. The number of benzene rings is 1. The van der Waals surface area contributed by atoms with E-state index in [-0.39, 0.29) is 0 Å². The molecule has 4 heteroatoms. The van der Waals surface area contributed by atoms with E-state index in [0.717, 1.165) is 17.4 Å². The second-order valence-corrected chi connectivity index (χ2v) is 4.90. The van der Waals surface area contributed by atoms with Crippen LogP contribution < -0.4 is 0 Å². The van der Waals surface area contributed by atoms with Gasteiger partial charge in [0.1, 0.15) is 0 Å². The number of aryl methyl sites for hydroxylation is 1. The maximum Gasteiger partial charge on any atom is 0.264 e. The van der Waals surface area contributed by atoms with Crippen LogP contribution in [0.2, 0.25) is 0 Å². The number of hydrogen-bond donors (Lipinski definition) is 0. The summed E-state index contributed by atoms with van der Waals surface area (Å²) in [5.41, 5.74) is 1.93. The third kappa shape index (κ3) is 8.25. The fourth-order valence-electron chi connectivity index (χ4n) is 1.36. The Morgan fingerprint density at radius 2 is 1.50 bits per heavy atom. The van der Waals surface area contributed by atoms with Gasteiger partial charge in [0.2, 0.25) is 0 Å². The lowest BCUT2D eigenvalue weighted by atomic mass is 10.1. The first kappa shape index (κ1) is 19.5. The molecule has 0 saturated heterocycles. The van der Waals surface area contributed by atoms with Crippen LogP contribution in [0, 0.1) is 6.92 Å². The Kier molecular flexibility index (Phi) is 10.9. The molecule has 0 bridgehead atoms. The van der Waals surface area contributed by atoms with Gasteiger partial charge in [-0.1, -0.05) is 52.0 Å². The van der Waals surface area contributed by atoms with Crippen molar-refractivity contribution in [3.63, 3.8) is 0 Å². The molecule has 1 aromatic rings. The third-order valence-corrected chi connectivity index (χ3v) is 2.58. The SMILES string of the molecule is CC.CC.Cc1ccccc1C(C)OS(C)(=O)=O. The van der Waals surface area contributed by atoms with Crippen LogP contribution in [0.5, 0.6) is 0 Å². The fourth-order valence-corrected chi connectivity index (χ4v) is 1.98. The van der Waals surface area contributed by atoms with Gasteiger partial charge in [0, 0.05) is 0 Å². The van der Waals surface area contributed by atoms with Crippen molar-refractivity contribution in [2.75, 3.05) is 6.26 Å². The lowest BCUT2D eigenvalue weighted by Gasteiger charge is -2.13. The summed E-state index contributed by atoms with van der Waals surface area (Å²) < 4.78 is 26.7. The Bertz CT molecular complexity index is 411. The maximum absolute atomic E-state index is 10.9. The molecule has 106 valence electrons. The molecule has 1 rings (SSSR count). The first-order valence-corrected chi connectivity index (χ1v) is 8.15. The van der Waals surface area contributed by atoms with Crippen LogP contribution in [0.25, 0.3) is 0 Å². The summed E-state index contributed by atoms with van der Waals surface area (Å²) >= 11 is 0. The van der Waals surface area contributed by atoms with Crippen LogP contribution in [0.15, 0.2) is 24.3 Å². The normalized spacial score (nSPS) is 11.5. The van der Waals surface area contributed by atoms with E-state index in [2.05, 4.69) is 0 Å². The molecular formula is C14H26O3S. The Balaban J connectivity index is 0. The zero-order chi connectivity index (χ0) is 14.8. The van der Waals surface area contributed by atoms with Crippen LogP contribution >= 0.6 is 0 Å². The van der Waals surface area contributed by atoms with Crippen LogP contribution in [0.3, 0.4) is 0 Å². The van der Waals surface area contributed by atoms with Gasteiger partial charge in [0.05, 0.1) is 12.4 Å². The Hall–Kier alpha value is -0.870. The smallest absolute Gasteiger partial charge is 0.262 e. The molecule has 0 N–H and O–H groups in total. The summed E-state index contributed by atoms with van der Waals surface area (Å²) in [4.78, 5) is 0. The van der Waals surface area contributed by atoms with Crippen molar-refractivity contribution >= 4 is 10.1 Å². The minimum Gasteiger partial charge on any atom is -0.262 e. The van der Waals surface area contributed by atoms with Gasteiger partial charge >= 0.3 is 0 Å². The van der Waals surface area contributed by atoms with E-state index in [9.17, 15) is 8.42 Å². The van der Waals surface area contributed by atoms with E-state index in [1.807, 2.05) is 58.9 Å². The van der Waals surface area contributed by atoms with Gasteiger partial charge in [-0.05, 0) is 25.0 Å². The van der Waals surface area contributed by atoms with Crippen LogP contribution in [0.1, 0.15) is 51.8 Å². The standard InChI is InChI=1S/C10H14O3S.2C2H6/c1-8-6-4-5-7-10(8)9(2)13-14(3,11)12;2*1-2/h4-7,9H,1-3H3;2*1-2H3. The quantitative estimate of drug-likeness (QED) is 0.780. The molecule has 0 radical (unpaired) electrons. The Labute approximate surface area is 112 Å². The molecule has 0 aliphatic rings. The van der Waals surface area contributed by atoms with Gasteiger partial charge in [-0.3, -0.25) is 4.18 Å². The summed E-state index contributed by atoms with van der Waals surface area (Å²) in [5.74, 6) is 0. The molecule has 0 saturated carbocycles. The first-order valence-electron chi connectivity index (χ1n) is 6.34. The molecule has 0 aromatic heterocycles. The summed E-state index contributed by atoms with van der Waals surface area (Å²) in [6.45, 7) is 11.7. The molecule has 1 unspecified atom stereocenters. The van der Waals surface area contributed by atoms with Crippen molar-refractivity contribution in [2.24, 2.45) is 0 Å². The highest BCUT2D eigenvalue weighted by Gasteiger charge is 2.13. The second-order valence-electron chi connectivity index (χ2n) is 3.30. The van der Waals surface area contributed by atoms with Crippen molar-refractivity contribution < 1.29 is 12.6 Å². The molecular weight excluding hydrogens is 248 g/mol.